The van der Waals surface area contributed by atoms with Crippen LogP contribution in [0.2, 0.25) is 0 Å². The Morgan fingerprint density at radius 3 is 2.56 bits per heavy atom. The molecule has 0 heterocycles. The maximum absolute atomic E-state index is 12.9. The van der Waals surface area contributed by atoms with Crippen LogP contribution in [0.4, 0.5) is 11.4 Å². The summed E-state index contributed by atoms with van der Waals surface area (Å²) in [7, 11) is 0. The lowest BCUT2D eigenvalue weighted by Crippen LogP contribution is -2.58. The number of nitrogens with zero attached hydrogens (tertiary/aromatic N) is 1. The van der Waals surface area contributed by atoms with E-state index in [2.05, 4.69) is 10.6 Å². The Morgan fingerprint density at radius 1 is 1.22 bits per heavy atom. The molecule has 8 heteroatoms. The number of hydrogen-bond donors (Lipinski definition) is 2. The molecule has 1 aromatic carbocycles. The normalized spacial score (nSPS) is 33.5. The number of alkyl halides is 1. The van der Waals surface area contributed by atoms with Gasteiger partial charge in [-0.15, -0.1) is 11.6 Å². The van der Waals surface area contributed by atoms with E-state index in [4.69, 9.17) is 11.6 Å². The number of benzene rings is 1. The second kappa shape index (κ2) is 6.48. The maximum Gasteiger partial charge on any atom is 0.271 e. The van der Waals surface area contributed by atoms with Gasteiger partial charge in [-0.1, -0.05) is 6.07 Å². The number of nitro benzene ring substituents is 1. The molecule has 0 saturated heterocycles. The summed E-state index contributed by atoms with van der Waals surface area (Å²) in [5.41, 5.74) is -0.215. The SMILES string of the molecule is O=C(CNC(=O)C12C[C@@H]3C[C@@H](CC(Cl)(C3)C1)C2)Nc1cccc([N+](=O)[O-])c1. The molecule has 2 N–H and O–H groups in total. The molecule has 4 fully saturated rings. The van der Waals surface area contributed by atoms with Crippen LogP contribution in [-0.2, 0) is 9.59 Å². The van der Waals surface area contributed by atoms with Crippen LogP contribution in [0.3, 0.4) is 0 Å². The number of carbonyl (C=O) groups is 2. The fraction of sp³-hybridized carbons (Fsp3) is 0.579. The van der Waals surface area contributed by atoms with E-state index >= 15 is 0 Å². The van der Waals surface area contributed by atoms with Gasteiger partial charge >= 0.3 is 0 Å². The van der Waals surface area contributed by atoms with Crippen molar-refractivity contribution in [1.29, 1.82) is 0 Å². The zero-order valence-corrected chi connectivity index (χ0v) is 15.6. The first-order valence-electron chi connectivity index (χ1n) is 9.29. The van der Waals surface area contributed by atoms with E-state index in [0.29, 0.717) is 23.9 Å². The molecule has 2 unspecified atom stereocenters. The molecule has 2 amide bonds. The van der Waals surface area contributed by atoms with Crippen molar-refractivity contribution in [3.05, 3.63) is 34.4 Å². The molecule has 1 aromatic rings. The highest BCUT2D eigenvalue weighted by molar-refractivity contribution is 6.24. The highest BCUT2D eigenvalue weighted by Crippen LogP contribution is 2.63. The Morgan fingerprint density at radius 2 is 1.93 bits per heavy atom. The summed E-state index contributed by atoms with van der Waals surface area (Å²) in [4.78, 5) is 35.1. The summed E-state index contributed by atoms with van der Waals surface area (Å²) in [6, 6.07) is 5.72. The van der Waals surface area contributed by atoms with Gasteiger partial charge in [0.05, 0.1) is 16.9 Å². The number of carbonyl (C=O) groups excluding carboxylic acids is 2. The van der Waals surface area contributed by atoms with Crippen molar-refractivity contribution in [1.82, 2.24) is 5.32 Å². The average molecular weight is 392 g/mol. The Bertz CT molecular complexity index is 798. The van der Waals surface area contributed by atoms with E-state index in [9.17, 15) is 19.7 Å². The Labute approximate surface area is 162 Å². The first kappa shape index (κ1) is 18.2. The van der Waals surface area contributed by atoms with Gasteiger partial charge in [0, 0.05) is 22.7 Å². The van der Waals surface area contributed by atoms with Gasteiger partial charge in [-0.25, -0.2) is 0 Å². The Kier molecular flexibility index (Phi) is 4.37. The number of rotatable bonds is 5. The molecular formula is C19H22ClN3O4. The van der Waals surface area contributed by atoms with Gasteiger partial charge in [0.2, 0.25) is 11.8 Å². The molecule has 0 radical (unpaired) electrons. The van der Waals surface area contributed by atoms with Gasteiger partial charge in [-0.2, -0.15) is 0 Å². The van der Waals surface area contributed by atoms with E-state index < -0.39 is 16.2 Å². The molecule has 0 aromatic heterocycles. The number of nitrogens with one attached hydrogen (secondary N) is 2. The van der Waals surface area contributed by atoms with Gasteiger partial charge in [0.15, 0.2) is 0 Å². The second-order valence-corrected chi connectivity index (χ2v) is 9.23. The van der Waals surface area contributed by atoms with Crippen LogP contribution in [0.25, 0.3) is 0 Å². The Balaban J connectivity index is 1.36. The molecule has 4 saturated carbocycles. The van der Waals surface area contributed by atoms with Gasteiger partial charge in [-0.05, 0) is 56.4 Å². The average Bonchev–Trinajstić information content (AvgIpc) is 2.57. The van der Waals surface area contributed by atoms with Crippen LogP contribution < -0.4 is 10.6 Å². The quantitative estimate of drug-likeness (QED) is 0.457. The molecule has 7 nitrogen and oxygen atoms in total. The number of halogens is 1. The molecular weight excluding hydrogens is 370 g/mol. The summed E-state index contributed by atoms with van der Waals surface area (Å²) < 4.78 is 0. The first-order valence-corrected chi connectivity index (χ1v) is 9.66. The zero-order valence-electron chi connectivity index (χ0n) is 14.9. The lowest BCUT2D eigenvalue weighted by atomic mass is 9.49. The second-order valence-electron chi connectivity index (χ2n) is 8.43. The molecule has 27 heavy (non-hydrogen) atoms. The standard InChI is InChI=1S/C19H22ClN3O4/c20-19-8-12-4-13(9-19)7-18(6-12,11-19)17(25)21-10-16(24)22-14-2-1-3-15(5-14)23(26)27/h1-3,5,12-13H,4,6-11H2,(H,21,25)(H,22,24)/t12-,13+,18?,19?. The predicted octanol–water partition coefficient (Wildman–Crippen LogP) is 3.23. The fourth-order valence-corrected chi connectivity index (χ4v) is 6.36. The number of nitro groups is 1. The van der Waals surface area contributed by atoms with Crippen LogP contribution in [-0.4, -0.2) is 28.2 Å². The lowest BCUT2D eigenvalue weighted by molar-refractivity contribution is -0.384. The van der Waals surface area contributed by atoms with Crippen LogP contribution in [0.5, 0.6) is 0 Å². The van der Waals surface area contributed by atoms with Crippen molar-refractivity contribution in [3.8, 4) is 0 Å². The summed E-state index contributed by atoms with van der Waals surface area (Å²) >= 11 is 6.76. The minimum absolute atomic E-state index is 0.0872. The third-order valence-corrected chi connectivity index (χ3v) is 6.66. The van der Waals surface area contributed by atoms with E-state index in [1.54, 1.807) is 6.07 Å². The van der Waals surface area contributed by atoms with E-state index in [1.807, 2.05) is 0 Å². The smallest absolute Gasteiger partial charge is 0.271 e. The zero-order chi connectivity index (χ0) is 19.2. The molecule has 4 bridgehead atoms. The van der Waals surface area contributed by atoms with Crippen LogP contribution in [0.1, 0.15) is 38.5 Å². The third kappa shape index (κ3) is 3.52. The molecule has 0 spiro atoms. The topological polar surface area (TPSA) is 101 Å². The van der Waals surface area contributed by atoms with Gasteiger partial charge in [0.1, 0.15) is 0 Å². The maximum atomic E-state index is 12.9. The van der Waals surface area contributed by atoms with Crippen LogP contribution >= 0.6 is 11.6 Å². The molecule has 4 aliphatic rings. The summed E-state index contributed by atoms with van der Waals surface area (Å²) in [5.74, 6) is 0.520. The minimum Gasteiger partial charge on any atom is -0.347 e. The highest BCUT2D eigenvalue weighted by atomic mass is 35.5. The highest BCUT2D eigenvalue weighted by Gasteiger charge is 2.60. The van der Waals surface area contributed by atoms with E-state index in [1.165, 1.54) is 18.2 Å². The molecule has 5 rings (SSSR count). The fourth-order valence-electron chi connectivity index (χ4n) is 5.67. The number of non-ortho nitro benzene ring substituents is 1. The van der Waals surface area contributed by atoms with Gasteiger partial charge in [0.25, 0.3) is 5.69 Å². The number of hydrogen-bond acceptors (Lipinski definition) is 4. The van der Waals surface area contributed by atoms with Crippen molar-refractivity contribution in [2.24, 2.45) is 17.3 Å². The van der Waals surface area contributed by atoms with Gasteiger partial charge < -0.3 is 10.6 Å². The van der Waals surface area contributed by atoms with Crippen molar-refractivity contribution in [2.45, 2.75) is 43.4 Å². The summed E-state index contributed by atoms with van der Waals surface area (Å²) in [5, 5.41) is 16.2. The van der Waals surface area contributed by atoms with E-state index in [-0.39, 0.29) is 23.0 Å². The first-order chi connectivity index (χ1) is 12.8. The molecule has 4 aliphatic carbocycles. The monoisotopic (exact) mass is 391 g/mol. The van der Waals surface area contributed by atoms with Crippen molar-refractivity contribution in [2.75, 3.05) is 11.9 Å². The number of anilines is 1. The van der Waals surface area contributed by atoms with E-state index in [0.717, 1.165) is 32.1 Å². The molecule has 144 valence electrons. The van der Waals surface area contributed by atoms with Crippen molar-refractivity contribution >= 4 is 34.8 Å². The summed E-state index contributed by atoms with van der Waals surface area (Å²) in [6.07, 6.45) is 5.55. The van der Waals surface area contributed by atoms with Crippen molar-refractivity contribution < 1.29 is 14.5 Å². The lowest BCUT2D eigenvalue weighted by Gasteiger charge is -2.59. The predicted molar refractivity (Wildman–Crippen MR) is 100 cm³/mol. The van der Waals surface area contributed by atoms with Crippen LogP contribution in [0, 0.1) is 27.4 Å². The van der Waals surface area contributed by atoms with Crippen LogP contribution in [0.15, 0.2) is 24.3 Å². The van der Waals surface area contributed by atoms with Crippen molar-refractivity contribution in [3.63, 3.8) is 0 Å². The molecule has 0 aliphatic heterocycles. The third-order valence-electron chi connectivity index (χ3n) is 6.22. The minimum atomic E-state index is -0.521. The summed E-state index contributed by atoms with van der Waals surface area (Å²) in [6.45, 7) is -0.159. The number of amides is 2. The largest absolute Gasteiger partial charge is 0.347 e. The van der Waals surface area contributed by atoms with Gasteiger partial charge in [-0.3, -0.25) is 19.7 Å². The molecule has 4 atom stereocenters. The Hall–Kier alpha value is -2.15.